The predicted molar refractivity (Wildman–Crippen MR) is 66.1 cm³/mol. The third kappa shape index (κ3) is 3.38. The number of nitrogens with zero attached hydrogens (tertiary/aromatic N) is 1. The molecule has 0 saturated carbocycles. The molecule has 6 nitrogen and oxygen atoms in total. The summed E-state index contributed by atoms with van der Waals surface area (Å²) >= 11 is 0. The summed E-state index contributed by atoms with van der Waals surface area (Å²) in [5, 5.41) is 9.32. The maximum absolute atomic E-state index is 12.0. The van der Waals surface area contributed by atoms with Gasteiger partial charge < -0.3 is 20.5 Å². The van der Waals surface area contributed by atoms with Crippen molar-refractivity contribution >= 4 is 17.6 Å². The van der Waals surface area contributed by atoms with Crippen LogP contribution in [0.5, 0.6) is 5.75 Å². The van der Waals surface area contributed by atoms with Gasteiger partial charge in [0.05, 0.1) is 19.1 Å². The molecule has 0 atom stereocenters. The average Bonchev–Trinajstić information content (AvgIpc) is 2.37. The van der Waals surface area contributed by atoms with Crippen LogP contribution in [0.1, 0.15) is 16.8 Å². The Morgan fingerprint density at radius 1 is 1.44 bits per heavy atom. The number of esters is 1. The number of amides is 1. The molecule has 1 amide bonds. The van der Waals surface area contributed by atoms with E-state index in [2.05, 4.69) is 4.74 Å². The fraction of sp³-hybridized carbons (Fsp3) is 0.333. The van der Waals surface area contributed by atoms with Crippen molar-refractivity contribution in [2.24, 2.45) is 0 Å². The largest absolute Gasteiger partial charge is 0.508 e. The molecule has 18 heavy (non-hydrogen) atoms. The Hall–Kier alpha value is -2.24. The fourth-order valence-electron chi connectivity index (χ4n) is 1.40. The number of phenols is 1. The van der Waals surface area contributed by atoms with Crippen molar-refractivity contribution in [2.45, 2.75) is 6.42 Å². The zero-order chi connectivity index (χ0) is 13.7. The Balaban J connectivity index is 2.74. The highest BCUT2D eigenvalue weighted by atomic mass is 16.5. The molecule has 98 valence electrons. The highest BCUT2D eigenvalue weighted by Crippen LogP contribution is 2.19. The monoisotopic (exact) mass is 252 g/mol. The van der Waals surface area contributed by atoms with E-state index in [1.165, 1.54) is 30.2 Å². The van der Waals surface area contributed by atoms with Crippen molar-refractivity contribution in [3.8, 4) is 5.75 Å². The number of hydrogen-bond acceptors (Lipinski definition) is 5. The van der Waals surface area contributed by atoms with E-state index in [1.54, 1.807) is 7.05 Å². The van der Waals surface area contributed by atoms with Crippen molar-refractivity contribution in [3.05, 3.63) is 23.8 Å². The second-order valence-corrected chi connectivity index (χ2v) is 3.82. The Bertz CT molecular complexity index is 459. The van der Waals surface area contributed by atoms with E-state index in [9.17, 15) is 14.7 Å². The van der Waals surface area contributed by atoms with Gasteiger partial charge >= 0.3 is 5.97 Å². The molecular formula is C12H16N2O4. The molecule has 1 rings (SSSR count). The SMILES string of the molecule is COC(=O)CCN(C)C(=O)c1cc(O)ccc1N. The van der Waals surface area contributed by atoms with E-state index < -0.39 is 5.97 Å². The molecule has 0 spiro atoms. The highest BCUT2D eigenvalue weighted by molar-refractivity contribution is 5.99. The zero-order valence-electron chi connectivity index (χ0n) is 10.3. The van der Waals surface area contributed by atoms with Crippen LogP contribution >= 0.6 is 0 Å². The minimum Gasteiger partial charge on any atom is -0.508 e. The third-order valence-electron chi connectivity index (χ3n) is 2.49. The summed E-state index contributed by atoms with van der Waals surface area (Å²) in [4.78, 5) is 24.3. The number of hydrogen-bond donors (Lipinski definition) is 2. The first-order valence-corrected chi connectivity index (χ1v) is 5.36. The molecular weight excluding hydrogens is 236 g/mol. The van der Waals surface area contributed by atoms with Gasteiger partial charge in [0.1, 0.15) is 5.75 Å². The number of methoxy groups -OCH3 is 1. The molecule has 1 aromatic carbocycles. The van der Waals surface area contributed by atoms with Crippen LogP contribution in [0.4, 0.5) is 5.69 Å². The van der Waals surface area contributed by atoms with Crippen molar-refractivity contribution in [1.29, 1.82) is 0 Å². The van der Waals surface area contributed by atoms with Crippen molar-refractivity contribution in [2.75, 3.05) is 26.4 Å². The number of phenolic OH excluding ortho intramolecular Hbond substituents is 1. The number of carbonyl (C=O) groups is 2. The molecule has 0 aromatic heterocycles. The number of anilines is 1. The van der Waals surface area contributed by atoms with Gasteiger partial charge in [-0.05, 0) is 18.2 Å². The highest BCUT2D eigenvalue weighted by Gasteiger charge is 2.16. The maximum Gasteiger partial charge on any atom is 0.307 e. The number of rotatable bonds is 4. The Morgan fingerprint density at radius 3 is 2.72 bits per heavy atom. The third-order valence-corrected chi connectivity index (χ3v) is 2.49. The van der Waals surface area contributed by atoms with Crippen LogP contribution in [0.2, 0.25) is 0 Å². The summed E-state index contributed by atoms with van der Waals surface area (Å²) in [6, 6.07) is 4.16. The lowest BCUT2D eigenvalue weighted by molar-refractivity contribution is -0.140. The summed E-state index contributed by atoms with van der Waals surface area (Å²) in [7, 11) is 2.84. The lowest BCUT2D eigenvalue weighted by Crippen LogP contribution is -2.29. The second kappa shape index (κ2) is 5.90. The van der Waals surface area contributed by atoms with Gasteiger partial charge in [-0.3, -0.25) is 9.59 Å². The van der Waals surface area contributed by atoms with E-state index >= 15 is 0 Å². The fourth-order valence-corrected chi connectivity index (χ4v) is 1.40. The van der Waals surface area contributed by atoms with E-state index in [0.717, 1.165) is 0 Å². The molecule has 0 heterocycles. The van der Waals surface area contributed by atoms with Crippen LogP contribution in [0.25, 0.3) is 0 Å². The molecule has 0 aliphatic rings. The Kier molecular flexibility index (Phi) is 4.53. The molecule has 0 aliphatic carbocycles. The lowest BCUT2D eigenvalue weighted by atomic mass is 10.1. The Morgan fingerprint density at radius 2 is 2.11 bits per heavy atom. The molecule has 0 bridgehead atoms. The van der Waals surface area contributed by atoms with Gasteiger partial charge in [0.25, 0.3) is 5.91 Å². The van der Waals surface area contributed by atoms with Gasteiger partial charge in [-0.25, -0.2) is 0 Å². The van der Waals surface area contributed by atoms with E-state index in [0.29, 0.717) is 0 Å². The average molecular weight is 252 g/mol. The van der Waals surface area contributed by atoms with Gasteiger partial charge in [-0.1, -0.05) is 0 Å². The molecule has 0 saturated heterocycles. The van der Waals surface area contributed by atoms with Crippen molar-refractivity contribution < 1.29 is 19.4 Å². The summed E-state index contributed by atoms with van der Waals surface area (Å²) in [6.07, 6.45) is 0.109. The van der Waals surface area contributed by atoms with Crippen molar-refractivity contribution in [1.82, 2.24) is 4.90 Å². The molecule has 1 aromatic rings. The van der Waals surface area contributed by atoms with Gasteiger partial charge in [-0.2, -0.15) is 0 Å². The minimum absolute atomic E-state index is 0.0334. The normalized spacial score (nSPS) is 9.89. The first-order valence-electron chi connectivity index (χ1n) is 5.36. The number of ether oxygens (including phenoxy) is 1. The maximum atomic E-state index is 12.0. The van der Waals surface area contributed by atoms with Gasteiger partial charge in [0, 0.05) is 19.3 Å². The first kappa shape index (κ1) is 13.8. The van der Waals surface area contributed by atoms with Crippen molar-refractivity contribution in [3.63, 3.8) is 0 Å². The lowest BCUT2D eigenvalue weighted by Gasteiger charge is -2.17. The van der Waals surface area contributed by atoms with Crippen LogP contribution < -0.4 is 5.73 Å². The van der Waals surface area contributed by atoms with Gasteiger partial charge in [0.15, 0.2) is 0 Å². The van der Waals surface area contributed by atoms with E-state index in [1.807, 2.05) is 0 Å². The smallest absolute Gasteiger partial charge is 0.307 e. The molecule has 0 aliphatic heterocycles. The Labute approximate surface area is 105 Å². The summed E-state index contributed by atoms with van der Waals surface area (Å²) in [6.45, 7) is 0.223. The van der Waals surface area contributed by atoms with Gasteiger partial charge in [0.2, 0.25) is 0 Å². The number of carbonyl (C=O) groups excluding carboxylic acids is 2. The predicted octanol–water partition coefficient (Wildman–Crippen LogP) is 0.609. The number of benzene rings is 1. The summed E-state index contributed by atoms with van der Waals surface area (Å²) in [5.41, 5.74) is 6.15. The number of nitrogens with two attached hydrogens (primary N) is 1. The quantitative estimate of drug-likeness (QED) is 0.465. The molecule has 0 radical (unpaired) electrons. The molecule has 0 fully saturated rings. The van der Waals surface area contributed by atoms with Crippen LogP contribution in [-0.4, -0.2) is 42.6 Å². The minimum atomic E-state index is -0.390. The number of nitrogen functional groups attached to an aromatic ring is 1. The molecule has 6 heteroatoms. The van der Waals surface area contributed by atoms with E-state index in [4.69, 9.17) is 5.73 Å². The summed E-state index contributed by atoms with van der Waals surface area (Å²) in [5.74, 6) is -0.778. The summed E-state index contributed by atoms with van der Waals surface area (Å²) < 4.78 is 4.49. The van der Waals surface area contributed by atoms with Crippen LogP contribution in [0.15, 0.2) is 18.2 Å². The van der Waals surface area contributed by atoms with Gasteiger partial charge in [-0.15, -0.1) is 0 Å². The van der Waals surface area contributed by atoms with Crippen LogP contribution in [0, 0.1) is 0 Å². The van der Waals surface area contributed by atoms with Crippen LogP contribution in [0.3, 0.4) is 0 Å². The number of aromatic hydroxyl groups is 1. The topological polar surface area (TPSA) is 92.9 Å². The standard InChI is InChI=1S/C12H16N2O4/c1-14(6-5-11(16)18-2)12(17)9-7-8(15)3-4-10(9)13/h3-4,7,15H,5-6,13H2,1-2H3. The van der Waals surface area contributed by atoms with E-state index in [-0.39, 0.29) is 35.9 Å². The zero-order valence-corrected chi connectivity index (χ0v) is 10.3. The second-order valence-electron chi connectivity index (χ2n) is 3.82. The molecule has 3 N–H and O–H groups in total. The van der Waals surface area contributed by atoms with Crippen LogP contribution in [-0.2, 0) is 9.53 Å². The first-order chi connectivity index (χ1) is 8.45. The molecule has 0 unspecified atom stereocenters.